The third kappa shape index (κ3) is 4.06. The lowest BCUT2D eigenvalue weighted by Crippen LogP contribution is -2.33. The highest BCUT2D eigenvalue weighted by Gasteiger charge is 2.19. The summed E-state index contributed by atoms with van der Waals surface area (Å²) in [6, 6.07) is 6.94. The summed E-state index contributed by atoms with van der Waals surface area (Å²) in [4.78, 5) is 15.7. The zero-order valence-corrected chi connectivity index (χ0v) is 14.6. The Morgan fingerprint density at radius 3 is 2.88 bits per heavy atom. The van der Waals surface area contributed by atoms with Crippen molar-refractivity contribution in [2.75, 3.05) is 36.4 Å². The predicted octanol–water partition coefficient (Wildman–Crippen LogP) is 3.56. The van der Waals surface area contributed by atoms with Crippen molar-refractivity contribution >= 4 is 28.6 Å². The van der Waals surface area contributed by atoms with Crippen LogP contribution in [0, 0.1) is 5.82 Å². The highest BCUT2D eigenvalue weighted by Crippen LogP contribution is 2.28. The van der Waals surface area contributed by atoms with Crippen molar-refractivity contribution in [2.24, 2.45) is 0 Å². The van der Waals surface area contributed by atoms with Gasteiger partial charge in [0, 0.05) is 39.6 Å². The van der Waals surface area contributed by atoms with Gasteiger partial charge in [0.1, 0.15) is 5.82 Å². The average molecular weight is 347 g/mol. The van der Waals surface area contributed by atoms with E-state index in [1.165, 1.54) is 11.6 Å². The van der Waals surface area contributed by atoms with E-state index < -0.39 is 0 Å². The molecule has 6 heteroatoms. The van der Waals surface area contributed by atoms with E-state index in [2.05, 4.69) is 21.7 Å². The molecule has 1 aromatic carbocycles. The summed E-state index contributed by atoms with van der Waals surface area (Å²) in [5, 5.41) is 7.47. The molecule has 2 aromatic rings. The molecule has 1 amide bonds. The van der Waals surface area contributed by atoms with E-state index in [-0.39, 0.29) is 11.7 Å². The minimum Gasteiger partial charge on any atom is -0.379 e. The molecule has 24 heavy (non-hydrogen) atoms. The van der Waals surface area contributed by atoms with Crippen LogP contribution in [-0.2, 0) is 11.3 Å². The van der Waals surface area contributed by atoms with Gasteiger partial charge in [0.15, 0.2) is 0 Å². The van der Waals surface area contributed by atoms with Gasteiger partial charge in [-0.2, -0.15) is 11.3 Å². The molecule has 128 valence electrons. The van der Waals surface area contributed by atoms with Crippen LogP contribution < -0.4 is 10.2 Å². The summed E-state index contributed by atoms with van der Waals surface area (Å²) in [6.07, 6.45) is 0.918. The zero-order valence-electron chi connectivity index (χ0n) is 13.8. The highest BCUT2D eigenvalue weighted by atomic mass is 32.1. The van der Waals surface area contributed by atoms with E-state index in [9.17, 15) is 9.18 Å². The fourth-order valence-electron chi connectivity index (χ4n) is 2.99. The minimum atomic E-state index is -0.244. The number of nitrogens with zero attached hydrogens (tertiary/aromatic N) is 2. The molecule has 1 aromatic heterocycles. The summed E-state index contributed by atoms with van der Waals surface area (Å²) in [7, 11) is 0. The van der Waals surface area contributed by atoms with E-state index in [0.717, 1.165) is 37.4 Å². The monoisotopic (exact) mass is 347 g/mol. The lowest BCUT2D eigenvalue weighted by Gasteiger charge is -2.26. The maximum absolute atomic E-state index is 13.7. The van der Waals surface area contributed by atoms with Gasteiger partial charge in [-0.25, -0.2) is 4.39 Å². The van der Waals surface area contributed by atoms with E-state index in [1.54, 1.807) is 24.3 Å². The Morgan fingerprint density at radius 2 is 2.12 bits per heavy atom. The van der Waals surface area contributed by atoms with Crippen LogP contribution in [-0.4, -0.2) is 37.0 Å². The van der Waals surface area contributed by atoms with E-state index in [1.807, 2.05) is 16.3 Å². The summed E-state index contributed by atoms with van der Waals surface area (Å²) < 4.78 is 13.7. The van der Waals surface area contributed by atoms with Crippen LogP contribution in [0.4, 0.5) is 15.8 Å². The smallest absolute Gasteiger partial charge is 0.219 e. The molecule has 0 radical (unpaired) electrons. The molecule has 0 spiro atoms. The first-order chi connectivity index (χ1) is 11.6. The molecular weight excluding hydrogens is 325 g/mol. The SMILES string of the molecule is CC(=O)N1CCCN(c2ccc(F)cc2NCc2ccsc2)CC1. The van der Waals surface area contributed by atoms with Gasteiger partial charge in [0.05, 0.1) is 11.4 Å². The van der Waals surface area contributed by atoms with Gasteiger partial charge in [-0.15, -0.1) is 0 Å². The standard InChI is InChI=1S/C18H22FN3OS/c1-14(23)21-6-2-7-22(9-8-21)18-4-3-16(19)11-17(18)20-12-15-5-10-24-13-15/h3-5,10-11,13,20H,2,6-9,12H2,1H3. The lowest BCUT2D eigenvalue weighted by atomic mass is 10.2. The zero-order chi connectivity index (χ0) is 16.9. The molecule has 1 fully saturated rings. The number of carbonyl (C=O) groups is 1. The van der Waals surface area contributed by atoms with E-state index >= 15 is 0 Å². The molecule has 0 atom stereocenters. The van der Waals surface area contributed by atoms with Crippen molar-refractivity contribution in [3.05, 3.63) is 46.4 Å². The molecule has 4 nitrogen and oxygen atoms in total. The van der Waals surface area contributed by atoms with Crippen molar-refractivity contribution in [2.45, 2.75) is 19.9 Å². The predicted molar refractivity (Wildman–Crippen MR) is 97.1 cm³/mol. The Kier molecular flexibility index (Phi) is 5.35. The van der Waals surface area contributed by atoms with Crippen molar-refractivity contribution < 1.29 is 9.18 Å². The van der Waals surface area contributed by atoms with Crippen LogP contribution in [0.5, 0.6) is 0 Å². The number of nitrogens with one attached hydrogen (secondary N) is 1. The first-order valence-corrected chi connectivity index (χ1v) is 9.13. The molecule has 3 rings (SSSR count). The second-order valence-electron chi connectivity index (χ2n) is 5.99. The van der Waals surface area contributed by atoms with E-state index in [4.69, 9.17) is 0 Å². The molecule has 1 saturated heterocycles. The number of hydrogen-bond acceptors (Lipinski definition) is 4. The van der Waals surface area contributed by atoms with Gasteiger partial charge in [0.25, 0.3) is 0 Å². The number of amides is 1. The third-order valence-corrected chi connectivity index (χ3v) is 5.04. The Morgan fingerprint density at radius 1 is 1.25 bits per heavy atom. The molecule has 0 aliphatic carbocycles. The maximum atomic E-state index is 13.7. The number of rotatable bonds is 4. The van der Waals surface area contributed by atoms with Gasteiger partial charge in [-0.1, -0.05) is 0 Å². The van der Waals surface area contributed by atoms with Gasteiger partial charge in [-0.05, 0) is 47.0 Å². The Hall–Kier alpha value is -2.08. The first-order valence-electron chi connectivity index (χ1n) is 8.18. The molecule has 1 aliphatic rings. The van der Waals surface area contributed by atoms with Crippen molar-refractivity contribution in [1.29, 1.82) is 0 Å². The topological polar surface area (TPSA) is 35.6 Å². The van der Waals surface area contributed by atoms with Crippen LogP contribution in [0.3, 0.4) is 0 Å². The van der Waals surface area contributed by atoms with Gasteiger partial charge in [0.2, 0.25) is 5.91 Å². The summed E-state index contributed by atoms with van der Waals surface area (Å²) in [5.41, 5.74) is 2.99. The van der Waals surface area contributed by atoms with Crippen LogP contribution in [0.15, 0.2) is 35.0 Å². The van der Waals surface area contributed by atoms with E-state index in [0.29, 0.717) is 13.1 Å². The Bertz CT molecular complexity index is 690. The summed E-state index contributed by atoms with van der Waals surface area (Å²) in [6.45, 7) is 5.40. The molecule has 0 saturated carbocycles. The summed E-state index contributed by atoms with van der Waals surface area (Å²) >= 11 is 1.65. The Labute approximate surface area is 145 Å². The third-order valence-electron chi connectivity index (χ3n) is 4.30. The van der Waals surface area contributed by atoms with Crippen LogP contribution in [0.1, 0.15) is 18.9 Å². The fraction of sp³-hybridized carbons (Fsp3) is 0.389. The van der Waals surface area contributed by atoms with Crippen LogP contribution >= 0.6 is 11.3 Å². The quantitative estimate of drug-likeness (QED) is 0.919. The molecule has 1 N–H and O–H groups in total. The largest absolute Gasteiger partial charge is 0.379 e. The minimum absolute atomic E-state index is 0.117. The van der Waals surface area contributed by atoms with Crippen molar-refractivity contribution in [3.63, 3.8) is 0 Å². The molecule has 2 heterocycles. The van der Waals surface area contributed by atoms with Gasteiger partial charge >= 0.3 is 0 Å². The Balaban J connectivity index is 1.75. The second-order valence-corrected chi connectivity index (χ2v) is 6.77. The average Bonchev–Trinajstić information content (AvgIpc) is 2.96. The van der Waals surface area contributed by atoms with Gasteiger partial charge < -0.3 is 15.1 Å². The number of carbonyl (C=O) groups excluding carboxylic acids is 1. The second kappa shape index (κ2) is 7.66. The highest BCUT2D eigenvalue weighted by molar-refractivity contribution is 7.07. The maximum Gasteiger partial charge on any atom is 0.219 e. The number of thiophene rings is 1. The van der Waals surface area contributed by atoms with Crippen molar-refractivity contribution in [1.82, 2.24) is 4.90 Å². The first kappa shape index (κ1) is 16.8. The number of hydrogen-bond donors (Lipinski definition) is 1. The number of benzene rings is 1. The molecule has 1 aliphatic heterocycles. The molecule has 0 bridgehead atoms. The fourth-order valence-corrected chi connectivity index (χ4v) is 3.66. The number of halogens is 1. The van der Waals surface area contributed by atoms with Crippen LogP contribution in [0.25, 0.3) is 0 Å². The summed E-state index contributed by atoms with van der Waals surface area (Å²) in [5.74, 6) is -0.126. The van der Waals surface area contributed by atoms with Crippen molar-refractivity contribution in [3.8, 4) is 0 Å². The molecular formula is C18H22FN3OS. The van der Waals surface area contributed by atoms with Crippen LogP contribution in [0.2, 0.25) is 0 Å². The molecule has 0 unspecified atom stereocenters. The number of anilines is 2. The van der Waals surface area contributed by atoms with Gasteiger partial charge in [-0.3, -0.25) is 4.79 Å². The normalized spacial score (nSPS) is 15.2. The lowest BCUT2D eigenvalue weighted by molar-refractivity contribution is -0.128.